The molecular weight excluding hydrogens is 441 g/mol. The van der Waals surface area contributed by atoms with Crippen LogP contribution in [0.1, 0.15) is 19.4 Å². The quantitative estimate of drug-likeness (QED) is 0.538. The van der Waals surface area contributed by atoms with E-state index in [9.17, 15) is 15.0 Å². The van der Waals surface area contributed by atoms with Gasteiger partial charge < -0.3 is 29.7 Å². The van der Waals surface area contributed by atoms with Crippen molar-refractivity contribution in [2.45, 2.75) is 57.2 Å². The fourth-order valence-electron chi connectivity index (χ4n) is 2.58. The standard InChI is InChI=1S/C17H24INO6/c1-9(2)24-17-13(21)12(20)14(23-3)15(25-17)16(22)19-8-10-4-6-11(18)7-5-10/h4-7,9,12-15,17,20-21H,8H2,1-3H3,(H,19,22)/t12-,13+,14+,15-,17-/m1/s1. The molecule has 1 aromatic rings. The van der Waals surface area contributed by atoms with Gasteiger partial charge in [-0.05, 0) is 54.1 Å². The second-order valence-corrected chi connectivity index (χ2v) is 7.38. The van der Waals surface area contributed by atoms with E-state index in [1.165, 1.54) is 7.11 Å². The van der Waals surface area contributed by atoms with Gasteiger partial charge in [-0.15, -0.1) is 0 Å². The highest BCUT2D eigenvalue weighted by molar-refractivity contribution is 14.1. The average Bonchev–Trinajstić information content (AvgIpc) is 2.57. The second-order valence-electron chi connectivity index (χ2n) is 6.14. The van der Waals surface area contributed by atoms with Gasteiger partial charge in [0.1, 0.15) is 18.3 Å². The predicted molar refractivity (Wildman–Crippen MR) is 98.7 cm³/mol. The number of hydrogen-bond acceptors (Lipinski definition) is 6. The molecule has 1 aliphatic rings. The Hall–Kier alpha value is -0.780. The Morgan fingerprint density at radius 1 is 1.28 bits per heavy atom. The Labute approximate surface area is 160 Å². The van der Waals surface area contributed by atoms with Crippen molar-refractivity contribution in [2.75, 3.05) is 7.11 Å². The van der Waals surface area contributed by atoms with Crippen molar-refractivity contribution in [2.24, 2.45) is 0 Å². The molecule has 8 heteroatoms. The molecule has 7 nitrogen and oxygen atoms in total. The third-order valence-electron chi connectivity index (χ3n) is 3.86. The van der Waals surface area contributed by atoms with Crippen molar-refractivity contribution in [1.29, 1.82) is 0 Å². The lowest BCUT2D eigenvalue weighted by atomic mass is 9.98. The van der Waals surface area contributed by atoms with Gasteiger partial charge in [0.05, 0.1) is 6.10 Å². The molecule has 1 aliphatic heterocycles. The molecule has 0 radical (unpaired) electrons. The van der Waals surface area contributed by atoms with Gasteiger partial charge >= 0.3 is 0 Å². The topological polar surface area (TPSA) is 97.2 Å². The number of aliphatic hydroxyl groups is 2. The Kier molecular flexibility index (Phi) is 7.59. The Morgan fingerprint density at radius 3 is 2.48 bits per heavy atom. The number of benzene rings is 1. The maximum Gasteiger partial charge on any atom is 0.252 e. The maximum absolute atomic E-state index is 12.5. The van der Waals surface area contributed by atoms with Crippen molar-refractivity contribution in [3.63, 3.8) is 0 Å². The van der Waals surface area contributed by atoms with Crippen LogP contribution in [0.4, 0.5) is 0 Å². The van der Waals surface area contributed by atoms with E-state index in [1.54, 1.807) is 13.8 Å². The monoisotopic (exact) mass is 465 g/mol. The van der Waals surface area contributed by atoms with Crippen LogP contribution in [-0.2, 0) is 25.5 Å². The number of amides is 1. The first-order valence-electron chi connectivity index (χ1n) is 8.05. The number of rotatable bonds is 6. The molecule has 140 valence electrons. The fourth-order valence-corrected chi connectivity index (χ4v) is 2.94. The third-order valence-corrected chi connectivity index (χ3v) is 4.58. The summed E-state index contributed by atoms with van der Waals surface area (Å²) in [7, 11) is 1.35. The first-order valence-corrected chi connectivity index (χ1v) is 9.13. The highest BCUT2D eigenvalue weighted by Gasteiger charge is 2.48. The van der Waals surface area contributed by atoms with Crippen LogP contribution in [0.5, 0.6) is 0 Å². The molecule has 0 aromatic heterocycles. The summed E-state index contributed by atoms with van der Waals surface area (Å²) in [6.45, 7) is 3.87. The molecule has 0 bridgehead atoms. The maximum atomic E-state index is 12.5. The summed E-state index contributed by atoms with van der Waals surface area (Å²) in [5.74, 6) is -0.436. The first-order chi connectivity index (χ1) is 11.8. The molecule has 0 saturated carbocycles. The van der Waals surface area contributed by atoms with E-state index in [2.05, 4.69) is 27.9 Å². The van der Waals surface area contributed by atoms with E-state index in [0.29, 0.717) is 6.54 Å². The van der Waals surface area contributed by atoms with Gasteiger partial charge in [0, 0.05) is 17.2 Å². The smallest absolute Gasteiger partial charge is 0.252 e. The van der Waals surface area contributed by atoms with Gasteiger partial charge in [-0.1, -0.05) is 12.1 Å². The molecule has 1 aromatic carbocycles. The lowest BCUT2D eigenvalue weighted by Crippen LogP contribution is -2.62. The van der Waals surface area contributed by atoms with Gasteiger partial charge in [0.15, 0.2) is 12.4 Å². The summed E-state index contributed by atoms with van der Waals surface area (Å²) in [5.41, 5.74) is 0.939. The average molecular weight is 465 g/mol. The molecule has 1 amide bonds. The van der Waals surface area contributed by atoms with Crippen LogP contribution in [0.25, 0.3) is 0 Å². The summed E-state index contributed by atoms with van der Waals surface area (Å²) < 4.78 is 17.3. The third kappa shape index (κ3) is 5.35. The molecule has 1 fully saturated rings. The molecule has 0 spiro atoms. The van der Waals surface area contributed by atoms with Gasteiger partial charge in [0.25, 0.3) is 5.91 Å². The lowest BCUT2D eigenvalue weighted by molar-refractivity contribution is -0.301. The summed E-state index contributed by atoms with van der Waals surface area (Å²) in [4.78, 5) is 12.5. The molecule has 25 heavy (non-hydrogen) atoms. The lowest BCUT2D eigenvalue weighted by Gasteiger charge is -2.41. The Balaban J connectivity index is 2.04. The van der Waals surface area contributed by atoms with Crippen molar-refractivity contribution in [3.05, 3.63) is 33.4 Å². The van der Waals surface area contributed by atoms with Crippen LogP contribution in [0.15, 0.2) is 24.3 Å². The van der Waals surface area contributed by atoms with E-state index < -0.39 is 36.6 Å². The van der Waals surface area contributed by atoms with Crippen molar-refractivity contribution >= 4 is 28.5 Å². The van der Waals surface area contributed by atoms with Gasteiger partial charge in [-0.3, -0.25) is 4.79 Å². The van der Waals surface area contributed by atoms with Crippen LogP contribution in [0.2, 0.25) is 0 Å². The highest BCUT2D eigenvalue weighted by Crippen LogP contribution is 2.25. The minimum Gasteiger partial charge on any atom is -0.387 e. The van der Waals surface area contributed by atoms with E-state index in [0.717, 1.165) is 9.13 Å². The Morgan fingerprint density at radius 2 is 1.92 bits per heavy atom. The molecule has 2 rings (SSSR count). The molecule has 0 aliphatic carbocycles. The summed E-state index contributed by atoms with van der Waals surface area (Å²) >= 11 is 2.21. The van der Waals surface area contributed by atoms with Crippen LogP contribution in [0, 0.1) is 3.57 Å². The number of nitrogens with one attached hydrogen (secondary N) is 1. The second kappa shape index (κ2) is 9.24. The zero-order chi connectivity index (χ0) is 18.6. The molecule has 0 unspecified atom stereocenters. The number of methoxy groups -OCH3 is 1. The summed E-state index contributed by atoms with van der Waals surface area (Å²) in [6, 6.07) is 7.73. The summed E-state index contributed by atoms with van der Waals surface area (Å²) in [6.07, 6.45) is -6.00. The number of ether oxygens (including phenoxy) is 3. The van der Waals surface area contributed by atoms with Crippen molar-refractivity contribution in [3.8, 4) is 0 Å². The van der Waals surface area contributed by atoms with Crippen LogP contribution in [-0.4, -0.2) is 60.0 Å². The zero-order valence-electron chi connectivity index (χ0n) is 14.4. The van der Waals surface area contributed by atoms with E-state index in [4.69, 9.17) is 14.2 Å². The molecular formula is C17H24INO6. The first kappa shape index (κ1) is 20.5. The zero-order valence-corrected chi connectivity index (χ0v) is 16.5. The highest BCUT2D eigenvalue weighted by atomic mass is 127. The van der Waals surface area contributed by atoms with E-state index in [-0.39, 0.29) is 6.10 Å². The molecule has 3 N–H and O–H groups in total. The van der Waals surface area contributed by atoms with Gasteiger partial charge in [0.2, 0.25) is 0 Å². The number of aliphatic hydroxyl groups excluding tert-OH is 2. The van der Waals surface area contributed by atoms with Crippen molar-refractivity contribution < 1.29 is 29.2 Å². The molecule has 1 saturated heterocycles. The largest absolute Gasteiger partial charge is 0.387 e. The van der Waals surface area contributed by atoms with Gasteiger partial charge in [-0.25, -0.2) is 0 Å². The normalized spacial score (nSPS) is 29.6. The van der Waals surface area contributed by atoms with Crippen LogP contribution >= 0.6 is 22.6 Å². The number of halogens is 1. The van der Waals surface area contributed by atoms with E-state index in [1.807, 2.05) is 24.3 Å². The number of carbonyl (C=O) groups is 1. The van der Waals surface area contributed by atoms with Gasteiger partial charge in [-0.2, -0.15) is 0 Å². The minimum absolute atomic E-state index is 0.235. The fraction of sp³-hybridized carbons (Fsp3) is 0.588. The van der Waals surface area contributed by atoms with Crippen LogP contribution in [0.3, 0.4) is 0 Å². The van der Waals surface area contributed by atoms with E-state index >= 15 is 0 Å². The Bertz CT molecular complexity index is 567. The molecule has 5 atom stereocenters. The SMILES string of the molecule is CO[C@H]1[C@H](O)[C@H](O)[C@H](OC(C)C)O[C@H]1C(=O)NCc1ccc(I)cc1. The predicted octanol–water partition coefficient (Wildman–Crippen LogP) is 0.794. The number of hydrogen-bond donors (Lipinski definition) is 3. The van der Waals surface area contributed by atoms with Crippen molar-refractivity contribution in [1.82, 2.24) is 5.32 Å². The molecule has 1 heterocycles. The minimum atomic E-state index is -1.30. The van der Waals surface area contributed by atoms with Crippen LogP contribution < -0.4 is 5.32 Å². The number of carbonyl (C=O) groups excluding carboxylic acids is 1. The summed E-state index contributed by atoms with van der Waals surface area (Å²) in [5, 5.41) is 23.1.